The van der Waals surface area contributed by atoms with E-state index in [0.717, 1.165) is 19.3 Å². The molecule has 0 aliphatic heterocycles. The highest BCUT2D eigenvalue weighted by molar-refractivity contribution is 6.04. The Labute approximate surface area is 111 Å². The predicted molar refractivity (Wildman–Crippen MR) is 74.2 cm³/mol. The number of carbonyl (C=O) groups excluding carboxylic acids is 2. The molecule has 0 aliphatic carbocycles. The van der Waals surface area contributed by atoms with Crippen molar-refractivity contribution in [3.05, 3.63) is 0 Å². The largest absolute Gasteiger partial charge is 0.355 e. The molecule has 0 aromatic rings. The van der Waals surface area contributed by atoms with Crippen molar-refractivity contribution in [1.29, 1.82) is 0 Å². The average molecular weight is 256 g/mol. The molecule has 0 saturated heterocycles. The highest BCUT2D eigenvalue weighted by Gasteiger charge is 2.35. The van der Waals surface area contributed by atoms with Gasteiger partial charge >= 0.3 is 0 Å². The highest BCUT2D eigenvalue weighted by atomic mass is 16.2. The van der Waals surface area contributed by atoms with Gasteiger partial charge in [-0.1, -0.05) is 33.6 Å². The zero-order valence-electron chi connectivity index (χ0n) is 12.4. The molecule has 0 aromatic carbocycles. The van der Waals surface area contributed by atoms with Crippen LogP contribution in [-0.2, 0) is 9.59 Å². The quantitative estimate of drug-likeness (QED) is 0.516. The van der Waals surface area contributed by atoms with Crippen LogP contribution in [0.4, 0.5) is 0 Å². The number of rotatable bonds is 8. The molecular formula is C14H28N2O2. The molecule has 2 N–H and O–H groups in total. The number of unbranched alkanes of at least 4 members (excludes halogenated alkanes) is 2. The molecule has 18 heavy (non-hydrogen) atoms. The number of nitrogens with one attached hydrogen (secondary N) is 2. The summed E-state index contributed by atoms with van der Waals surface area (Å²) in [5.41, 5.74) is -0.999. The van der Waals surface area contributed by atoms with E-state index in [2.05, 4.69) is 17.6 Å². The summed E-state index contributed by atoms with van der Waals surface area (Å²) >= 11 is 0. The minimum Gasteiger partial charge on any atom is -0.355 e. The van der Waals surface area contributed by atoms with Gasteiger partial charge in [0.05, 0.1) is 0 Å². The maximum atomic E-state index is 11.9. The van der Waals surface area contributed by atoms with E-state index in [-0.39, 0.29) is 11.8 Å². The van der Waals surface area contributed by atoms with Gasteiger partial charge in [0.2, 0.25) is 11.8 Å². The van der Waals surface area contributed by atoms with E-state index in [4.69, 9.17) is 0 Å². The van der Waals surface area contributed by atoms with Crippen molar-refractivity contribution in [2.45, 2.75) is 53.9 Å². The third-order valence-corrected chi connectivity index (χ3v) is 2.87. The Hall–Kier alpha value is -1.06. The topological polar surface area (TPSA) is 58.2 Å². The lowest BCUT2D eigenvalue weighted by Crippen LogP contribution is -2.48. The normalized spacial score (nSPS) is 11.4. The lowest BCUT2D eigenvalue weighted by Gasteiger charge is -2.23. The first kappa shape index (κ1) is 16.9. The molecule has 0 heterocycles. The molecule has 4 nitrogen and oxygen atoms in total. The minimum absolute atomic E-state index is 0.195. The van der Waals surface area contributed by atoms with Gasteiger partial charge in [-0.15, -0.1) is 0 Å². The van der Waals surface area contributed by atoms with Crippen LogP contribution < -0.4 is 10.6 Å². The summed E-state index contributed by atoms with van der Waals surface area (Å²) < 4.78 is 0. The molecule has 0 fully saturated rings. The van der Waals surface area contributed by atoms with Crippen molar-refractivity contribution in [1.82, 2.24) is 10.6 Å². The number of hydrogen-bond donors (Lipinski definition) is 2. The Balaban J connectivity index is 4.16. The highest BCUT2D eigenvalue weighted by Crippen LogP contribution is 2.15. The van der Waals surface area contributed by atoms with Gasteiger partial charge in [0, 0.05) is 13.1 Å². The molecule has 0 rings (SSSR count). The molecule has 0 bridgehead atoms. The van der Waals surface area contributed by atoms with Gasteiger partial charge in [-0.2, -0.15) is 0 Å². The van der Waals surface area contributed by atoms with Gasteiger partial charge < -0.3 is 10.6 Å². The van der Waals surface area contributed by atoms with Crippen molar-refractivity contribution in [2.75, 3.05) is 13.1 Å². The van der Waals surface area contributed by atoms with Crippen LogP contribution in [0, 0.1) is 11.3 Å². The number of amides is 2. The molecule has 0 saturated carbocycles. The number of carbonyl (C=O) groups is 2. The van der Waals surface area contributed by atoms with Gasteiger partial charge in [-0.05, 0) is 26.2 Å². The van der Waals surface area contributed by atoms with Crippen LogP contribution in [0.2, 0.25) is 0 Å². The summed E-state index contributed by atoms with van der Waals surface area (Å²) in [7, 11) is 0. The van der Waals surface area contributed by atoms with E-state index < -0.39 is 5.41 Å². The molecule has 0 radical (unpaired) electrons. The fraction of sp³-hybridized carbons (Fsp3) is 0.857. The average Bonchev–Trinajstić information content (AvgIpc) is 2.30. The molecular weight excluding hydrogens is 228 g/mol. The summed E-state index contributed by atoms with van der Waals surface area (Å²) in [4.78, 5) is 23.9. The maximum absolute atomic E-state index is 11.9. The van der Waals surface area contributed by atoms with E-state index >= 15 is 0 Å². The second kappa shape index (κ2) is 8.11. The predicted octanol–water partition coefficient (Wildman–Crippen LogP) is 2.09. The lowest BCUT2D eigenvalue weighted by atomic mass is 9.91. The van der Waals surface area contributed by atoms with E-state index in [1.54, 1.807) is 13.8 Å². The van der Waals surface area contributed by atoms with Crippen LogP contribution in [-0.4, -0.2) is 24.9 Å². The van der Waals surface area contributed by atoms with E-state index in [0.29, 0.717) is 19.0 Å². The van der Waals surface area contributed by atoms with E-state index in [1.807, 2.05) is 13.8 Å². The number of hydrogen-bond acceptors (Lipinski definition) is 2. The second-order valence-electron chi connectivity index (χ2n) is 5.69. The van der Waals surface area contributed by atoms with Crippen molar-refractivity contribution in [3.8, 4) is 0 Å². The zero-order valence-corrected chi connectivity index (χ0v) is 12.4. The summed E-state index contributed by atoms with van der Waals surface area (Å²) in [6.45, 7) is 10.7. The van der Waals surface area contributed by atoms with Crippen molar-refractivity contribution in [2.24, 2.45) is 11.3 Å². The zero-order chi connectivity index (χ0) is 14.2. The molecule has 2 amide bonds. The SMILES string of the molecule is CCCCCNC(=O)C(C)(C)C(=O)NCC(C)C. The van der Waals surface area contributed by atoms with Crippen LogP contribution in [0.25, 0.3) is 0 Å². The molecule has 0 aromatic heterocycles. The van der Waals surface area contributed by atoms with Gasteiger partial charge in [0.15, 0.2) is 0 Å². The van der Waals surface area contributed by atoms with Crippen molar-refractivity contribution >= 4 is 11.8 Å². The molecule has 0 unspecified atom stereocenters. The van der Waals surface area contributed by atoms with Crippen LogP contribution >= 0.6 is 0 Å². The Morgan fingerprint density at radius 2 is 1.61 bits per heavy atom. The second-order valence-corrected chi connectivity index (χ2v) is 5.69. The van der Waals surface area contributed by atoms with Crippen molar-refractivity contribution < 1.29 is 9.59 Å². The Bertz CT molecular complexity index is 273. The monoisotopic (exact) mass is 256 g/mol. The Morgan fingerprint density at radius 1 is 1.06 bits per heavy atom. The Morgan fingerprint density at radius 3 is 2.11 bits per heavy atom. The smallest absolute Gasteiger partial charge is 0.235 e. The molecule has 0 aliphatic rings. The summed E-state index contributed by atoms with van der Waals surface area (Å²) in [6.07, 6.45) is 3.18. The summed E-state index contributed by atoms with van der Waals surface area (Å²) in [5, 5.41) is 5.63. The first-order chi connectivity index (χ1) is 8.32. The maximum Gasteiger partial charge on any atom is 0.235 e. The van der Waals surface area contributed by atoms with E-state index in [1.165, 1.54) is 0 Å². The van der Waals surface area contributed by atoms with Crippen LogP contribution in [0.3, 0.4) is 0 Å². The molecule has 0 spiro atoms. The minimum atomic E-state index is -0.999. The Kier molecular flexibility index (Phi) is 7.64. The standard InChI is InChI=1S/C14H28N2O2/c1-6-7-8-9-15-12(17)14(4,5)13(18)16-10-11(2)3/h11H,6-10H2,1-5H3,(H,15,17)(H,16,18). The van der Waals surface area contributed by atoms with Gasteiger partial charge in [-0.3, -0.25) is 9.59 Å². The van der Waals surface area contributed by atoms with Crippen LogP contribution in [0.5, 0.6) is 0 Å². The van der Waals surface area contributed by atoms with Gasteiger partial charge in [0.25, 0.3) is 0 Å². The first-order valence-corrected chi connectivity index (χ1v) is 6.89. The lowest BCUT2D eigenvalue weighted by molar-refractivity contribution is -0.141. The third-order valence-electron chi connectivity index (χ3n) is 2.87. The van der Waals surface area contributed by atoms with Crippen LogP contribution in [0.1, 0.15) is 53.9 Å². The third kappa shape index (κ3) is 6.03. The van der Waals surface area contributed by atoms with Crippen LogP contribution in [0.15, 0.2) is 0 Å². The van der Waals surface area contributed by atoms with Gasteiger partial charge in [-0.25, -0.2) is 0 Å². The first-order valence-electron chi connectivity index (χ1n) is 6.89. The van der Waals surface area contributed by atoms with E-state index in [9.17, 15) is 9.59 Å². The summed E-state index contributed by atoms with van der Waals surface area (Å²) in [5.74, 6) is -0.0126. The summed E-state index contributed by atoms with van der Waals surface area (Å²) in [6, 6.07) is 0. The molecule has 0 atom stereocenters. The van der Waals surface area contributed by atoms with Gasteiger partial charge in [0.1, 0.15) is 5.41 Å². The fourth-order valence-electron chi connectivity index (χ4n) is 1.42. The molecule has 4 heteroatoms. The fourth-order valence-corrected chi connectivity index (χ4v) is 1.42. The molecule has 106 valence electrons. The van der Waals surface area contributed by atoms with Crippen molar-refractivity contribution in [3.63, 3.8) is 0 Å².